The number of rotatable bonds is 6. The average Bonchev–Trinajstić information content (AvgIpc) is 2.37. The Morgan fingerprint density at radius 3 is 2.63 bits per heavy atom. The summed E-state index contributed by atoms with van der Waals surface area (Å²) in [7, 11) is 1.29. The van der Waals surface area contributed by atoms with E-state index in [1.54, 1.807) is 6.92 Å². The van der Waals surface area contributed by atoms with Crippen LogP contribution in [0.15, 0.2) is 12.1 Å². The number of carbonyl (C=O) groups excluding carboxylic acids is 2. The summed E-state index contributed by atoms with van der Waals surface area (Å²) in [4.78, 5) is 32.6. The Balaban J connectivity index is 3.25. The fraction of sp³-hybridized carbons (Fsp3) is 0.333. The van der Waals surface area contributed by atoms with Gasteiger partial charge in [0.05, 0.1) is 36.7 Å². The molecule has 1 aromatic rings. The molecule has 0 spiro atoms. The van der Waals surface area contributed by atoms with Gasteiger partial charge in [-0.15, -0.1) is 0 Å². The van der Waals surface area contributed by atoms with Gasteiger partial charge in [-0.1, -0.05) is 0 Å². The lowest BCUT2D eigenvalue weighted by Gasteiger charge is -2.09. The summed E-state index contributed by atoms with van der Waals surface area (Å²) >= 11 is 0. The maximum atomic E-state index is 11.4. The lowest BCUT2D eigenvalue weighted by molar-refractivity contribution is -0.385. The third-order valence-corrected chi connectivity index (χ3v) is 2.40. The number of methoxy groups -OCH3 is 1. The summed E-state index contributed by atoms with van der Waals surface area (Å²) in [5.41, 5.74) is 0.0717. The fourth-order valence-corrected chi connectivity index (χ4v) is 1.59. The molecule has 0 atom stereocenters. The van der Waals surface area contributed by atoms with Crippen LogP contribution in [-0.4, -0.2) is 30.9 Å². The van der Waals surface area contributed by atoms with Crippen molar-refractivity contribution in [3.63, 3.8) is 0 Å². The second kappa shape index (κ2) is 6.48. The maximum Gasteiger partial charge on any atom is 0.310 e. The van der Waals surface area contributed by atoms with Gasteiger partial charge in [0, 0.05) is 6.07 Å². The van der Waals surface area contributed by atoms with Crippen molar-refractivity contribution in [2.75, 3.05) is 13.7 Å². The van der Waals surface area contributed by atoms with Gasteiger partial charge in [0.15, 0.2) is 6.29 Å². The first-order chi connectivity index (χ1) is 9.03. The Bertz CT molecular complexity index is 511. The van der Waals surface area contributed by atoms with Gasteiger partial charge in [-0.2, -0.15) is 0 Å². The predicted molar refractivity (Wildman–Crippen MR) is 65.4 cm³/mol. The lowest BCUT2D eigenvalue weighted by atomic mass is 10.0. The molecule has 0 radical (unpaired) electrons. The van der Waals surface area contributed by atoms with Crippen LogP contribution in [0.5, 0.6) is 5.75 Å². The van der Waals surface area contributed by atoms with E-state index in [-0.39, 0.29) is 35.6 Å². The molecule has 0 N–H and O–H groups in total. The third kappa shape index (κ3) is 3.51. The van der Waals surface area contributed by atoms with Gasteiger partial charge in [-0.3, -0.25) is 19.7 Å². The number of esters is 1. The molecule has 1 rings (SSSR count). The highest BCUT2D eigenvalue weighted by atomic mass is 16.6. The van der Waals surface area contributed by atoms with E-state index >= 15 is 0 Å². The zero-order chi connectivity index (χ0) is 14.4. The molecular formula is C12H13NO6. The number of nitro benzene ring substituents is 1. The van der Waals surface area contributed by atoms with E-state index in [9.17, 15) is 19.7 Å². The highest BCUT2D eigenvalue weighted by Crippen LogP contribution is 2.28. The van der Waals surface area contributed by atoms with E-state index in [0.29, 0.717) is 6.29 Å². The van der Waals surface area contributed by atoms with E-state index in [4.69, 9.17) is 9.47 Å². The van der Waals surface area contributed by atoms with Crippen LogP contribution in [0.3, 0.4) is 0 Å². The molecule has 7 heteroatoms. The second-order valence-electron chi connectivity index (χ2n) is 3.58. The maximum absolute atomic E-state index is 11.4. The van der Waals surface area contributed by atoms with Gasteiger partial charge in [0.2, 0.25) is 0 Å². The van der Waals surface area contributed by atoms with Gasteiger partial charge in [-0.25, -0.2) is 0 Å². The number of benzene rings is 1. The largest absolute Gasteiger partial charge is 0.496 e. The Labute approximate surface area is 109 Å². The number of non-ortho nitro benzene ring substituents is 1. The summed E-state index contributed by atoms with van der Waals surface area (Å²) in [5.74, 6) is -0.503. The van der Waals surface area contributed by atoms with E-state index in [2.05, 4.69) is 0 Å². The molecule has 0 bridgehead atoms. The number of nitro groups is 1. The summed E-state index contributed by atoms with van der Waals surface area (Å²) in [5, 5.41) is 10.8. The van der Waals surface area contributed by atoms with E-state index < -0.39 is 10.9 Å². The summed E-state index contributed by atoms with van der Waals surface area (Å²) in [6, 6.07) is 2.31. The summed E-state index contributed by atoms with van der Waals surface area (Å²) in [6.45, 7) is 1.84. The van der Waals surface area contributed by atoms with Crippen molar-refractivity contribution >= 4 is 17.9 Å². The topological polar surface area (TPSA) is 95.7 Å². The Morgan fingerprint density at radius 2 is 2.16 bits per heavy atom. The first-order valence-corrected chi connectivity index (χ1v) is 5.49. The molecule has 0 saturated carbocycles. The minimum Gasteiger partial charge on any atom is -0.496 e. The van der Waals surface area contributed by atoms with Crippen LogP contribution in [0.1, 0.15) is 22.8 Å². The van der Waals surface area contributed by atoms with Crippen molar-refractivity contribution in [1.29, 1.82) is 0 Å². The van der Waals surface area contributed by atoms with Crippen LogP contribution in [0.2, 0.25) is 0 Å². The van der Waals surface area contributed by atoms with E-state index in [1.807, 2.05) is 0 Å². The SMILES string of the molecule is CCOC(=O)Cc1cc([N+](=O)[O-])cc(OC)c1C=O. The number of nitrogens with zero attached hydrogens (tertiary/aromatic N) is 1. The van der Waals surface area contributed by atoms with Crippen molar-refractivity contribution in [2.45, 2.75) is 13.3 Å². The van der Waals surface area contributed by atoms with Gasteiger partial charge in [0.25, 0.3) is 5.69 Å². The summed E-state index contributed by atoms with van der Waals surface area (Å²) in [6.07, 6.45) is 0.275. The molecule has 7 nitrogen and oxygen atoms in total. The molecule has 0 aromatic heterocycles. The molecule has 0 heterocycles. The first kappa shape index (κ1) is 14.6. The Kier molecular flexibility index (Phi) is 4.99. The van der Waals surface area contributed by atoms with Gasteiger partial charge < -0.3 is 9.47 Å². The zero-order valence-electron chi connectivity index (χ0n) is 10.5. The molecule has 19 heavy (non-hydrogen) atoms. The minimum absolute atomic E-state index is 0.0588. The number of aldehydes is 1. The van der Waals surface area contributed by atoms with Crippen molar-refractivity contribution < 1.29 is 24.0 Å². The van der Waals surface area contributed by atoms with Gasteiger partial charge >= 0.3 is 5.97 Å². The van der Waals surface area contributed by atoms with Gasteiger partial charge in [0.1, 0.15) is 5.75 Å². The molecule has 1 aromatic carbocycles. The third-order valence-electron chi connectivity index (χ3n) is 2.40. The van der Waals surface area contributed by atoms with Crippen LogP contribution in [0.4, 0.5) is 5.69 Å². The molecule has 102 valence electrons. The molecule has 0 fully saturated rings. The van der Waals surface area contributed by atoms with Crippen LogP contribution >= 0.6 is 0 Å². The molecule has 0 saturated heterocycles. The average molecular weight is 267 g/mol. The Hall–Kier alpha value is -2.44. The van der Waals surface area contributed by atoms with Crippen molar-refractivity contribution in [3.05, 3.63) is 33.4 Å². The normalized spacial score (nSPS) is 9.79. The number of carbonyl (C=O) groups is 2. The van der Waals surface area contributed by atoms with Crippen molar-refractivity contribution in [2.24, 2.45) is 0 Å². The first-order valence-electron chi connectivity index (χ1n) is 5.49. The van der Waals surface area contributed by atoms with Crippen LogP contribution < -0.4 is 4.74 Å². The molecule has 0 aliphatic carbocycles. The lowest BCUT2D eigenvalue weighted by Crippen LogP contribution is -2.10. The molecule has 0 aliphatic rings. The molecule has 0 aliphatic heterocycles. The van der Waals surface area contributed by atoms with Gasteiger partial charge in [-0.05, 0) is 12.5 Å². The smallest absolute Gasteiger partial charge is 0.310 e. The highest BCUT2D eigenvalue weighted by Gasteiger charge is 2.19. The van der Waals surface area contributed by atoms with Crippen LogP contribution in [-0.2, 0) is 16.0 Å². The van der Waals surface area contributed by atoms with E-state index in [0.717, 1.165) is 6.07 Å². The van der Waals surface area contributed by atoms with Crippen molar-refractivity contribution in [3.8, 4) is 5.75 Å². The van der Waals surface area contributed by atoms with Crippen molar-refractivity contribution in [1.82, 2.24) is 0 Å². The quantitative estimate of drug-likeness (QED) is 0.335. The summed E-state index contributed by atoms with van der Waals surface area (Å²) < 4.78 is 9.68. The number of hydrogen-bond acceptors (Lipinski definition) is 6. The van der Waals surface area contributed by atoms with Crippen LogP contribution in [0, 0.1) is 10.1 Å². The second-order valence-corrected chi connectivity index (χ2v) is 3.58. The molecular weight excluding hydrogens is 254 g/mol. The van der Waals surface area contributed by atoms with Crippen LogP contribution in [0.25, 0.3) is 0 Å². The van der Waals surface area contributed by atoms with E-state index in [1.165, 1.54) is 13.2 Å². The monoisotopic (exact) mass is 267 g/mol. The highest BCUT2D eigenvalue weighted by molar-refractivity contribution is 5.86. The Morgan fingerprint density at radius 1 is 1.47 bits per heavy atom. The standard InChI is InChI=1S/C12H13NO6/c1-3-19-12(15)5-8-4-9(13(16)17)6-11(18-2)10(8)7-14/h4,6-7H,3,5H2,1-2H3. The number of ether oxygens (including phenoxy) is 2. The molecule has 0 unspecified atom stereocenters. The number of hydrogen-bond donors (Lipinski definition) is 0. The minimum atomic E-state index is -0.619. The fourth-order valence-electron chi connectivity index (χ4n) is 1.59. The molecule has 0 amide bonds. The zero-order valence-corrected chi connectivity index (χ0v) is 10.5. The predicted octanol–water partition coefficient (Wildman–Crippen LogP) is 1.52.